The van der Waals surface area contributed by atoms with Gasteiger partial charge < -0.3 is 19.9 Å². The van der Waals surface area contributed by atoms with Crippen molar-refractivity contribution in [2.24, 2.45) is 0 Å². The number of rotatable bonds is 12. The second-order valence-electron chi connectivity index (χ2n) is 8.87. The standard InChI is InChI=1S/C31H27F2NO5/c32-25-12-7-13-26(33)24(25)18-30(35)34-27(31(36)37)16-23-14-15-28(38-19-21-8-3-1-4-9-21)29(17-23)39-20-22-10-5-2-6-11-22/h1-15,17,27H,16,18-20H2,(H,34,35)(H,36,37)/t27-/m0/s1. The van der Waals surface area contributed by atoms with Gasteiger partial charge in [-0.25, -0.2) is 13.6 Å². The zero-order valence-electron chi connectivity index (χ0n) is 21.0. The minimum absolute atomic E-state index is 0.0819. The summed E-state index contributed by atoms with van der Waals surface area (Å²) in [5.41, 5.74) is 2.05. The number of benzene rings is 4. The summed E-state index contributed by atoms with van der Waals surface area (Å²) < 4.78 is 39.9. The molecule has 0 aliphatic heterocycles. The van der Waals surface area contributed by atoms with Gasteiger partial charge in [0.25, 0.3) is 0 Å². The van der Waals surface area contributed by atoms with Crippen molar-refractivity contribution in [3.05, 3.63) is 131 Å². The molecule has 0 spiro atoms. The molecule has 0 saturated heterocycles. The molecule has 4 aromatic carbocycles. The zero-order chi connectivity index (χ0) is 27.6. The van der Waals surface area contributed by atoms with Crippen LogP contribution in [0.4, 0.5) is 8.78 Å². The number of carboxylic acids is 1. The lowest BCUT2D eigenvalue weighted by Gasteiger charge is -2.18. The molecule has 0 saturated carbocycles. The van der Waals surface area contributed by atoms with Crippen LogP contribution in [0.25, 0.3) is 0 Å². The van der Waals surface area contributed by atoms with E-state index in [1.807, 2.05) is 60.7 Å². The van der Waals surface area contributed by atoms with Crippen LogP contribution < -0.4 is 14.8 Å². The number of carbonyl (C=O) groups excluding carboxylic acids is 1. The first kappa shape index (κ1) is 27.3. The first-order chi connectivity index (χ1) is 18.9. The Labute approximate surface area is 224 Å². The van der Waals surface area contributed by atoms with E-state index >= 15 is 0 Å². The maximum absolute atomic E-state index is 13.9. The van der Waals surface area contributed by atoms with Gasteiger partial charge in [0.1, 0.15) is 30.9 Å². The van der Waals surface area contributed by atoms with Crippen molar-refractivity contribution in [2.75, 3.05) is 0 Å². The molecule has 8 heteroatoms. The molecule has 1 amide bonds. The molecule has 0 bridgehead atoms. The number of aliphatic carboxylic acids is 1. The van der Waals surface area contributed by atoms with Crippen LogP contribution in [0, 0.1) is 11.6 Å². The second-order valence-corrected chi connectivity index (χ2v) is 8.87. The van der Waals surface area contributed by atoms with Crippen LogP contribution in [0.1, 0.15) is 22.3 Å². The summed E-state index contributed by atoms with van der Waals surface area (Å²) in [7, 11) is 0. The van der Waals surface area contributed by atoms with Crippen LogP contribution in [-0.4, -0.2) is 23.0 Å². The molecule has 200 valence electrons. The van der Waals surface area contributed by atoms with Crippen LogP contribution in [0.3, 0.4) is 0 Å². The normalized spacial score (nSPS) is 11.4. The van der Waals surface area contributed by atoms with Gasteiger partial charge in [-0.2, -0.15) is 0 Å². The van der Waals surface area contributed by atoms with Gasteiger partial charge in [0, 0.05) is 12.0 Å². The predicted molar refractivity (Wildman–Crippen MR) is 141 cm³/mol. The molecule has 0 unspecified atom stereocenters. The van der Waals surface area contributed by atoms with Gasteiger partial charge in [-0.3, -0.25) is 4.79 Å². The van der Waals surface area contributed by atoms with Crippen molar-refractivity contribution in [3.8, 4) is 11.5 Å². The van der Waals surface area contributed by atoms with Crippen molar-refractivity contribution >= 4 is 11.9 Å². The summed E-state index contributed by atoms with van der Waals surface area (Å²) in [6.45, 7) is 0.571. The largest absolute Gasteiger partial charge is 0.485 e. The molecule has 0 fully saturated rings. The van der Waals surface area contributed by atoms with E-state index in [0.717, 1.165) is 23.3 Å². The summed E-state index contributed by atoms with van der Waals surface area (Å²) in [6.07, 6.45) is -0.707. The maximum Gasteiger partial charge on any atom is 0.326 e. The fourth-order valence-corrected chi connectivity index (χ4v) is 3.93. The fourth-order valence-electron chi connectivity index (χ4n) is 3.93. The number of ether oxygens (including phenoxy) is 2. The van der Waals surface area contributed by atoms with Gasteiger partial charge >= 0.3 is 5.97 Å². The van der Waals surface area contributed by atoms with E-state index < -0.39 is 41.5 Å². The Morgan fingerprint density at radius 1 is 0.718 bits per heavy atom. The third kappa shape index (κ3) is 7.88. The van der Waals surface area contributed by atoms with E-state index in [-0.39, 0.29) is 13.0 Å². The van der Waals surface area contributed by atoms with Gasteiger partial charge in [-0.1, -0.05) is 72.8 Å². The Bertz CT molecular complexity index is 1390. The minimum atomic E-state index is -1.33. The predicted octanol–water partition coefficient (Wildman–Crippen LogP) is 5.48. The average molecular weight is 532 g/mol. The number of hydrogen-bond donors (Lipinski definition) is 2. The summed E-state index contributed by atoms with van der Waals surface area (Å²) in [5, 5.41) is 12.1. The number of carboxylic acid groups (broad SMARTS) is 1. The SMILES string of the molecule is O=C(Cc1c(F)cccc1F)N[C@@H](Cc1ccc(OCc2ccccc2)c(OCc2ccccc2)c1)C(=O)O. The molecular weight excluding hydrogens is 504 g/mol. The van der Waals surface area contributed by atoms with Crippen molar-refractivity contribution in [1.82, 2.24) is 5.32 Å². The monoisotopic (exact) mass is 531 g/mol. The lowest BCUT2D eigenvalue weighted by molar-refractivity contribution is -0.141. The van der Waals surface area contributed by atoms with Crippen molar-refractivity contribution < 1.29 is 33.0 Å². The molecule has 4 aromatic rings. The summed E-state index contributed by atoms with van der Waals surface area (Å²) >= 11 is 0. The maximum atomic E-state index is 13.9. The smallest absolute Gasteiger partial charge is 0.326 e. The third-order valence-corrected chi connectivity index (χ3v) is 5.95. The van der Waals surface area contributed by atoms with Crippen LogP contribution in [-0.2, 0) is 35.6 Å². The highest BCUT2D eigenvalue weighted by molar-refractivity contribution is 5.85. The summed E-state index contributed by atoms with van der Waals surface area (Å²) in [5.74, 6) is -2.95. The molecule has 2 N–H and O–H groups in total. The number of nitrogens with one attached hydrogen (secondary N) is 1. The van der Waals surface area contributed by atoms with E-state index in [4.69, 9.17) is 9.47 Å². The molecular formula is C31H27F2NO5. The number of carbonyl (C=O) groups is 2. The van der Waals surface area contributed by atoms with E-state index in [2.05, 4.69) is 5.32 Å². The lowest BCUT2D eigenvalue weighted by atomic mass is 10.0. The van der Waals surface area contributed by atoms with Gasteiger partial charge in [-0.05, 0) is 41.0 Å². The summed E-state index contributed by atoms with van der Waals surface area (Å²) in [4.78, 5) is 24.4. The van der Waals surface area contributed by atoms with E-state index in [1.54, 1.807) is 18.2 Å². The van der Waals surface area contributed by atoms with Crippen molar-refractivity contribution in [3.63, 3.8) is 0 Å². The molecule has 0 aliphatic carbocycles. The Morgan fingerprint density at radius 3 is 1.85 bits per heavy atom. The molecule has 4 rings (SSSR count). The Morgan fingerprint density at radius 2 is 1.28 bits per heavy atom. The minimum Gasteiger partial charge on any atom is -0.485 e. The second kappa shape index (κ2) is 13.2. The van der Waals surface area contributed by atoms with Crippen LogP contribution in [0.15, 0.2) is 97.1 Å². The Hall–Kier alpha value is -4.72. The third-order valence-electron chi connectivity index (χ3n) is 5.95. The molecule has 39 heavy (non-hydrogen) atoms. The van der Waals surface area contributed by atoms with Crippen LogP contribution in [0.5, 0.6) is 11.5 Å². The molecule has 0 radical (unpaired) electrons. The average Bonchev–Trinajstić information content (AvgIpc) is 2.94. The van der Waals surface area contributed by atoms with E-state index in [1.165, 1.54) is 6.07 Å². The van der Waals surface area contributed by atoms with E-state index in [9.17, 15) is 23.5 Å². The van der Waals surface area contributed by atoms with Crippen LogP contribution in [0.2, 0.25) is 0 Å². The van der Waals surface area contributed by atoms with Gasteiger partial charge in [0.05, 0.1) is 6.42 Å². The van der Waals surface area contributed by atoms with Crippen LogP contribution >= 0.6 is 0 Å². The van der Waals surface area contributed by atoms with Gasteiger partial charge in [-0.15, -0.1) is 0 Å². The highest BCUT2D eigenvalue weighted by atomic mass is 19.1. The van der Waals surface area contributed by atoms with E-state index in [0.29, 0.717) is 23.7 Å². The molecule has 0 aromatic heterocycles. The fraction of sp³-hybridized carbons (Fsp3) is 0.161. The highest BCUT2D eigenvalue weighted by Gasteiger charge is 2.23. The number of amides is 1. The first-order valence-electron chi connectivity index (χ1n) is 12.3. The number of halogens is 2. The highest BCUT2D eigenvalue weighted by Crippen LogP contribution is 2.30. The first-order valence-corrected chi connectivity index (χ1v) is 12.3. The Balaban J connectivity index is 1.49. The molecule has 1 atom stereocenters. The van der Waals surface area contributed by atoms with Gasteiger partial charge in [0.15, 0.2) is 11.5 Å². The van der Waals surface area contributed by atoms with Crippen molar-refractivity contribution in [2.45, 2.75) is 32.1 Å². The topological polar surface area (TPSA) is 84.9 Å². The van der Waals surface area contributed by atoms with Gasteiger partial charge in [0.2, 0.25) is 5.91 Å². The molecule has 0 aliphatic rings. The lowest BCUT2D eigenvalue weighted by Crippen LogP contribution is -2.43. The Kier molecular flexibility index (Phi) is 9.24. The molecule has 0 heterocycles. The summed E-state index contributed by atoms with van der Waals surface area (Å²) in [6, 6.07) is 26.1. The van der Waals surface area contributed by atoms with Crippen molar-refractivity contribution in [1.29, 1.82) is 0 Å². The number of hydrogen-bond acceptors (Lipinski definition) is 4. The molecule has 6 nitrogen and oxygen atoms in total. The quantitative estimate of drug-likeness (QED) is 0.253. The zero-order valence-corrected chi connectivity index (χ0v) is 21.0.